The first-order chi connectivity index (χ1) is 13.4. The van der Waals surface area contributed by atoms with E-state index in [2.05, 4.69) is 67.7 Å². The van der Waals surface area contributed by atoms with E-state index < -0.39 is 22.6 Å². The van der Waals surface area contributed by atoms with Gasteiger partial charge in [-0.3, -0.25) is 0 Å². The zero-order valence-corrected chi connectivity index (χ0v) is 23.0. The van der Waals surface area contributed by atoms with Crippen LogP contribution in [0.5, 0.6) is 0 Å². The highest BCUT2D eigenvalue weighted by Crippen LogP contribution is 2.45. The van der Waals surface area contributed by atoms with Gasteiger partial charge in [0.15, 0.2) is 16.6 Å². The zero-order valence-electron chi connectivity index (χ0n) is 21.0. The Balaban J connectivity index is 3.16. The average molecular weight is 457 g/mol. The van der Waals surface area contributed by atoms with Gasteiger partial charge in [0.2, 0.25) is 0 Å². The number of methoxy groups -OCH3 is 1. The molecule has 30 heavy (non-hydrogen) atoms. The van der Waals surface area contributed by atoms with E-state index >= 15 is 0 Å². The van der Waals surface area contributed by atoms with Crippen LogP contribution in [0.25, 0.3) is 0 Å². The summed E-state index contributed by atoms with van der Waals surface area (Å²) < 4.78 is 18.1. The Morgan fingerprint density at radius 3 is 1.93 bits per heavy atom. The summed E-state index contributed by atoms with van der Waals surface area (Å²) in [5.41, 5.74) is 0. The highest BCUT2D eigenvalue weighted by Gasteiger charge is 2.47. The van der Waals surface area contributed by atoms with Crippen molar-refractivity contribution < 1.29 is 23.2 Å². The molecule has 1 aliphatic rings. The minimum atomic E-state index is -2.11. The van der Waals surface area contributed by atoms with Crippen molar-refractivity contribution in [2.45, 2.75) is 103 Å². The third kappa shape index (κ3) is 6.87. The Bertz CT molecular complexity index is 628. The molecule has 1 fully saturated rings. The summed E-state index contributed by atoms with van der Waals surface area (Å²) in [6.07, 6.45) is 5.49. The van der Waals surface area contributed by atoms with Gasteiger partial charge < -0.3 is 18.4 Å². The van der Waals surface area contributed by atoms with Crippen molar-refractivity contribution in [3.63, 3.8) is 0 Å². The first-order valence-electron chi connectivity index (χ1n) is 11.0. The highest BCUT2D eigenvalue weighted by atomic mass is 28.4. The standard InChI is InChI=1S/C23H44O5Si2/c1-22(2,3)29(8,9)27-18-14-17(16-24)19(15-18)20(12-13-21(25)26-7)28-30(10,11)23(4,5)6/h12-13,16-20H,14-15H2,1-11H3/b13-12+/t17-,18-,19+,20+/m0/s1. The van der Waals surface area contributed by atoms with Crippen molar-refractivity contribution in [3.8, 4) is 0 Å². The molecule has 0 aromatic rings. The van der Waals surface area contributed by atoms with Gasteiger partial charge in [0, 0.05) is 18.1 Å². The summed E-state index contributed by atoms with van der Waals surface area (Å²) in [6.45, 7) is 22.1. The van der Waals surface area contributed by atoms with Crippen molar-refractivity contribution >= 4 is 28.9 Å². The van der Waals surface area contributed by atoms with Crippen LogP contribution in [0.2, 0.25) is 36.3 Å². The van der Waals surface area contributed by atoms with Crippen LogP contribution in [0.1, 0.15) is 54.4 Å². The molecule has 0 aromatic heterocycles. The molecule has 4 atom stereocenters. The summed E-state index contributed by atoms with van der Waals surface area (Å²) in [5, 5.41) is 0.139. The summed E-state index contributed by atoms with van der Waals surface area (Å²) >= 11 is 0. The maximum Gasteiger partial charge on any atom is 0.330 e. The van der Waals surface area contributed by atoms with Crippen LogP contribution in [0.15, 0.2) is 12.2 Å². The third-order valence-corrected chi connectivity index (χ3v) is 16.4. The smallest absolute Gasteiger partial charge is 0.330 e. The van der Waals surface area contributed by atoms with Gasteiger partial charge >= 0.3 is 5.97 Å². The topological polar surface area (TPSA) is 61.8 Å². The van der Waals surface area contributed by atoms with Crippen molar-refractivity contribution in [1.29, 1.82) is 0 Å². The molecule has 1 saturated carbocycles. The van der Waals surface area contributed by atoms with Gasteiger partial charge in [-0.25, -0.2) is 4.79 Å². The molecule has 1 aliphatic carbocycles. The molecule has 0 heterocycles. The first-order valence-corrected chi connectivity index (χ1v) is 16.8. The fourth-order valence-electron chi connectivity index (χ4n) is 3.30. The largest absolute Gasteiger partial charge is 0.466 e. The first kappa shape index (κ1) is 27.3. The van der Waals surface area contributed by atoms with Crippen LogP contribution in [-0.2, 0) is 23.2 Å². The van der Waals surface area contributed by atoms with E-state index in [1.165, 1.54) is 13.2 Å². The van der Waals surface area contributed by atoms with Gasteiger partial charge in [-0.05, 0) is 61.1 Å². The van der Waals surface area contributed by atoms with Gasteiger partial charge in [0.05, 0.1) is 13.2 Å². The molecule has 0 amide bonds. The van der Waals surface area contributed by atoms with Crippen LogP contribution in [0, 0.1) is 11.8 Å². The molecule has 0 unspecified atom stereocenters. The molecular formula is C23H44O5Si2. The molecule has 0 bridgehead atoms. The predicted octanol–water partition coefficient (Wildman–Crippen LogP) is 5.72. The Labute approximate surface area is 186 Å². The molecule has 0 aromatic carbocycles. The van der Waals surface area contributed by atoms with Crippen molar-refractivity contribution in [2.75, 3.05) is 7.11 Å². The number of esters is 1. The van der Waals surface area contributed by atoms with E-state index in [0.717, 1.165) is 12.7 Å². The maximum atomic E-state index is 12.0. The van der Waals surface area contributed by atoms with Gasteiger partial charge in [0.25, 0.3) is 0 Å². The molecular weight excluding hydrogens is 412 g/mol. The second-order valence-electron chi connectivity index (χ2n) is 11.7. The molecule has 174 valence electrons. The molecule has 0 radical (unpaired) electrons. The van der Waals surface area contributed by atoms with E-state index in [1.54, 1.807) is 6.08 Å². The number of hydrogen-bond acceptors (Lipinski definition) is 5. The van der Waals surface area contributed by atoms with E-state index in [0.29, 0.717) is 6.42 Å². The van der Waals surface area contributed by atoms with E-state index in [4.69, 9.17) is 13.6 Å². The molecule has 7 heteroatoms. The molecule has 0 aliphatic heterocycles. The molecule has 5 nitrogen and oxygen atoms in total. The van der Waals surface area contributed by atoms with Crippen molar-refractivity contribution in [2.24, 2.45) is 11.8 Å². The Morgan fingerprint density at radius 2 is 1.50 bits per heavy atom. The van der Waals surface area contributed by atoms with Gasteiger partial charge in [-0.15, -0.1) is 0 Å². The minimum absolute atomic E-state index is 0.00713. The molecule has 0 spiro atoms. The monoisotopic (exact) mass is 456 g/mol. The number of carbonyl (C=O) groups is 2. The van der Waals surface area contributed by atoms with E-state index in [9.17, 15) is 9.59 Å². The lowest BCUT2D eigenvalue weighted by Crippen LogP contribution is -2.46. The quantitative estimate of drug-likeness (QED) is 0.202. The lowest BCUT2D eigenvalue weighted by Gasteiger charge is -2.41. The number of ether oxygens (including phenoxy) is 1. The van der Waals surface area contributed by atoms with Gasteiger partial charge in [0.1, 0.15) is 6.29 Å². The summed E-state index contributed by atoms with van der Waals surface area (Å²) in [6, 6.07) is 0. The Kier molecular flexibility index (Phi) is 8.90. The minimum Gasteiger partial charge on any atom is -0.466 e. The lowest BCUT2D eigenvalue weighted by molar-refractivity contribution is -0.134. The van der Waals surface area contributed by atoms with Crippen LogP contribution in [0.3, 0.4) is 0 Å². The van der Waals surface area contributed by atoms with Gasteiger partial charge in [-0.2, -0.15) is 0 Å². The normalized spacial score (nSPS) is 24.8. The Morgan fingerprint density at radius 1 is 0.967 bits per heavy atom. The summed E-state index contributed by atoms with van der Waals surface area (Å²) in [4.78, 5) is 23.7. The lowest BCUT2D eigenvalue weighted by atomic mass is 9.91. The van der Waals surface area contributed by atoms with Crippen LogP contribution in [0.4, 0.5) is 0 Å². The second kappa shape index (κ2) is 9.80. The third-order valence-electron chi connectivity index (χ3n) is 7.34. The highest BCUT2D eigenvalue weighted by molar-refractivity contribution is 6.74. The second-order valence-corrected chi connectivity index (χ2v) is 21.2. The van der Waals surface area contributed by atoms with Crippen molar-refractivity contribution in [1.82, 2.24) is 0 Å². The van der Waals surface area contributed by atoms with Crippen LogP contribution in [-0.4, -0.2) is 48.2 Å². The van der Waals surface area contributed by atoms with E-state index in [1.807, 2.05) is 0 Å². The van der Waals surface area contributed by atoms with Crippen LogP contribution >= 0.6 is 0 Å². The predicted molar refractivity (Wildman–Crippen MR) is 128 cm³/mol. The number of aldehydes is 1. The Hall–Kier alpha value is -0.766. The fraction of sp³-hybridized carbons (Fsp3) is 0.826. The van der Waals surface area contributed by atoms with Crippen molar-refractivity contribution in [3.05, 3.63) is 12.2 Å². The SMILES string of the molecule is COC(=O)/C=C/[C@@H](O[Si](C)(C)C(C)(C)C)[C@@H]1C[C@@H](O[Si](C)(C)C(C)(C)C)C[C@H]1C=O. The number of hydrogen-bond donors (Lipinski definition) is 0. The number of carbonyl (C=O) groups excluding carboxylic acids is 2. The molecule has 1 rings (SSSR count). The van der Waals surface area contributed by atoms with E-state index in [-0.39, 0.29) is 34.1 Å². The zero-order chi connectivity index (χ0) is 23.5. The molecule has 0 saturated heterocycles. The summed E-state index contributed by atoms with van der Waals surface area (Å²) in [5.74, 6) is -0.558. The fourth-order valence-corrected chi connectivity index (χ4v) is 5.97. The maximum absolute atomic E-state index is 12.0. The van der Waals surface area contributed by atoms with Crippen LogP contribution < -0.4 is 0 Å². The molecule has 0 N–H and O–H groups in total. The average Bonchev–Trinajstić information content (AvgIpc) is 2.98. The number of rotatable bonds is 8. The summed E-state index contributed by atoms with van der Waals surface area (Å²) in [7, 11) is -2.68. The van der Waals surface area contributed by atoms with Gasteiger partial charge in [-0.1, -0.05) is 41.5 Å².